The lowest BCUT2D eigenvalue weighted by molar-refractivity contribution is -0.149. The van der Waals surface area contributed by atoms with Crippen LogP contribution in [-0.2, 0) is 16.0 Å². The summed E-state index contributed by atoms with van der Waals surface area (Å²) in [6, 6.07) is 10.1. The third-order valence-corrected chi connectivity index (χ3v) is 4.59. The van der Waals surface area contributed by atoms with Crippen molar-refractivity contribution in [3.8, 4) is 0 Å². The molecular weight excluding hydrogens is 296 g/mol. The molecule has 0 bridgehead atoms. The normalized spacial score (nSPS) is 12.1. The molecule has 0 fully saturated rings. The zero-order valence-electron chi connectivity index (χ0n) is 15.8. The molecule has 0 radical (unpaired) electrons. The van der Waals surface area contributed by atoms with Crippen molar-refractivity contribution < 1.29 is 9.53 Å². The Morgan fingerprint density at radius 1 is 0.917 bits per heavy atom. The highest BCUT2D eigenvalue weighted by molar-refractivity contribution is 5.69. The van der Waals surface area contributed by atoms with Crippen molar-refractivity contribution in [3.05, 3.63) is 35.9 Å². The molecule has 0 amide bonds. The molecule has 2 heteroatoms. The van der Waals surface area contributed by atoms with E-state index in [4.69, 9.17) is 4.74 Å². The van der Waals surface area contributed by atoms with Gasteiger partial charge in [-0.25, -0.2) is 0 Å². The fraction of sp³-hybridized carbons (Fsp3) is 0.682. The number of hydrogen-bond donors (Lipinski definition) is 0. The van der Waals surface area contributed by atoms with Crippen LogP contribution in [0.25, 0.3) is 0 Å². The van der Waals surface area contributed by atoms with Gasteiger partial charge in [0.25, 0.3) is 0 Å². The molecule has 0 spiro atoms. The van der Waals surface area contributed by atoms with Gasteiger partial charge in [0.05, 0.1) is 0 Å². The highest BCUT2D eigenvalue weighted by Crippen LogP contribution is 2.14. The summed E-state index contributed by atoms with van der Waals surface area (Å²) < 4.78 is 5.64. The van der Waals surface area contributed by atoms with Crippen molar-refractivity contribution in [3.63, 3.8) is 0 Å². The number of carbonyl (C=O) groups is 1. The summed E-state index contributed by atoms with van der Waals surface area (Å²) in [5.74, 6) is -0.0507. The Morgan fingerprint density at radius 3 is 2.17 bits per heavy atom. The predicted molar refractivity (Wildman–Crippen MR) is 102 cm³/mol. The van der Waals surface area contributed by atoms with Crippen LogP contribution in [0, 0.1) is 0 Å². The molecule has 0 N–H and O–H groups in total. The first-order chi connectivity index (χ1) is 11.8. The van der Waals surface area contributed by atoms with Gasteiger partial charge < -0.3 is 4.74 Å². The molecule has 24 heavy (non-hydrogen) atoms. The summed E-state index contributed by atoms with van der Waals surface area (Å²) in [6.45, 7) is 4.37. The molecule has 0 saturated heterocycles. The minimum Gasteiger partial charge on any atom is -0.462 e. The van der Waals surface area contributed by atoms with Crippen LogP contribution in [-0.4, -0.2) is 12.1 Å². The zero-order chi connectivity index (χ0) is 17.5. The van der Waals surface area contributed by atoms with Crippen LogP contribution in [0.1, 0.15) is 90.0 Å². The largest absolute Gasteiger partial charge is 0.462 e. The minimum atomic E-state index is -0.0507. The number of benzene rings is 1. The zero-order valence-corrected chi connectivity index (χ0v) is 15.8. The lowest BCUT2D eigenvalue weighted by Gasteiger charge is -2.16. The number of ether oxygens (including phenoxy) is 1. The highest BCUT2D eigenvalue weighted by atomic mass is 16.5. The molecule has 0 heterocycles. The van der Waals surface area contributed by atoms with Crippen molar-refractivity contribution >= 4 is 5.97 Å². The van der Waals surface area contributed by atoms with Gasteiger partial charge in [-0.15, -0.1) is 0 Å². The first-order valence-electron chi connectivity index (χ1n) is 9.99. The standard InChI is InChI=1S/C22H36O2/c1-3-5-6-7-8-9-10-14-17-21(4-2)24-22(23)19-18-20-15-12-11-13-16-20/h11-13,15-16,21H,3-10,14,17-19H2,1-2H3. The lowest BCUT2D eigenvalue weighted by atomic mass is 10.0. The number of unbranched alkanes of at least 4 members (excludes halogenated alkanes) is 7. The second kappa shape index (κ2) is 14.1. The Balaban J connectivity index is 2.07. The average Bonchev–Trinajstić information content (AvgIpc) is 2.62. The van der Waals surface area contributed by atoms with Crippen molar-refractivity contribution in [1.82, 2.24) is 0 Å². The van der Waals surface area contributed by atoms with E-state index >= 15 is 0 Å². The number of hydrogen-bond acceptors (Lipinski definition) is 2. The highest BCUT2D eigenvalue weighted by Gasteiger charge is 2.12. The first-order valence-corrected chi connectivity index (χ1v) is 9.99. The van der Waals surface area contributed by atoms with Crippen LogP contribution in [0.5, 0.6) is 0 Å². The second-order valence-corrected chi connectivity index (χ2v) is 6.77. The van der Waals surface area contributed by atoms with E-state index in [9.17, 15) is 4.79 Å². The Hall–Kier alpha value is -1.31. The summed E-state index contributed by atoms with van der Waals surface area (Å²) in [5, 5.41) is 0. The Kier molecular flexibility index (Phi) is 12.2. The van der Waals surface area contributed by atoms with Gasteiger partial charge in [-0.2, -0.15) is 0 Å². The molecule has 1 aromatic carbocycles. The second-order valence-electron chi connectivity index (χ2n) is 6.77. The maximum Gasteiger partial charge on any atom is 0.306 e. The van der Waals surface area contributed by atoms with Crippen molar-refractivity contribution in [2.24, 2.45) is 0 Å². The van der Waals surface area contributed by atoms with Gasteiger partial charge in [-0.05, 0) is 31.2 Å². The molecule has 0 aliphatic carbocycles. The molecule has 2 nitrogen and oxygen atoms in total. The van der Waals surface area contributed by atoms with Gasteiger partial charge in [0.1, 0.15) is 6.10 Å². The molecule has 0 aromatic heterocycles. The monoisotopic (exact) mass is 332 g/mol. The Morgan fingerprint density at radius 2 is 1.54 bits per heavy atom. The van der Waals surface area contributed by atoms with Crippen LogP contribution in [0.2, 0.25) is 0 Å². The summed E-state index contributed by atoms with van der Waals surface area (Å²) in [6.07, 6.45) is 13.9. The molecule has 1 unspecified atom stereocenters. The molecule has 0 saturated carbocycles. The van der Waals surface area contributed by atoms with E-state index in [1.807, 2.05) is 18.2 Å². The van der Waals surface area contributed by atoms with Crippen LogP contribution >= 0.6 is 0 Å². The third-order valence-electron chi connectivity index (χ3n) is 4.59. The summed E-state index contributed by atoms with van der Waals surface area (Å²) >= 11 is 0. The number of rotatable bonds is 14. The van der Waals surface area contributed by atoms with Crippen molar-refractivity contribution in [2.75, 3.05) is 0 Å². The molecular formula is C22H36O2. The number of carbonyl (C=O) groups excluding carboxylic acids is 1. The minimum absolute atomic E-state index is 0.0507. The van der Waals surface area contributed by atoms with Gasteiger partial charge in [0, 0.05) is 6.42 Å². The van der Waals surface area contributed by atoms with Crippen LogP contribution in [0.3, 0.4) is 0 Å². The Bertz CT molecular complexity index is 413. The smallest absolute Gasteiger partial charge is 0.306 e. The van der Waals surface area contributed by atoms with E-state index < -0.39 is 0 Å². The molecule has 0 aliphatic heterocycles. The van der Waals surface area contributed by atoms with Gasteiger partial charge in [-0.1, -0.05) is 89.1 Å². The molecule has 1 aromatic rings. The molecule has 136 valence electrons. The van der Waals surface area contributed by atoms with E-state index in [1.165, 1.54) is 56.9 Å². The number of aryl methyl sites for hydroxylation is 1. The van der Waals surface area contributed by atoms with Crippen LogP contribution < -0.4 is 0 Å². The Labute approximate surface area is 149 Å². The van der Waals surface area contributed by atoms with Crippen LogP contribution in [0.15, 0.2) is 30.3 Å². The maximum atomic E-state index is 12.0. The third kappa shape index (κ3) is 10.5. The first kappa shape index (κ1) is 20.7. The molecule has 0 aliphatic rings. The van der Waals surface area contributed by atoms with E-state index in [-0.39, 0.29) is 12.1 Å². The quantitative estimate of drug-likeness (QED) is 0.288. The van der Waals surface area contributed by atoms with Gasteiger partial charge in [0.2, 0.25) is 0 Å². The summed E-state index contributed by atoms with van der Waals surface area (Å²) in [4.78, 5) is 12.0. The van der Waals surface area contributed by atoms with Gasteiger partial charge >= 0.3 is 5.97 Å². The number of esters is 1. The van der Waals surface area contributed by atoms with E-state index in [0.29, 0.717) is 6.42 Å². The average molecular weight is 333 g/mol. The molecule has 1 atom stereocenters. The van der Waals surface area contributed by atoms with Crippen LogP contribution in [0.4, 0.5) is 0 Å². The van der Waals surface area contributed by atoms with Gasteiger partial charge in [0.15, 0.2) is 0 Å². The van der Waals surface area contributed by atoms with Crippen molar-refractivity contribution in [2.45, 2.75) is 97.0 Å². The van der Waals surface area contributed by atoms with E-state index in [2.05, 4.69) is 26.0 Å². The fourth-order valence-electron chi connectivity index (χ4n) is 2.99. The topological polar surface area (TPSA) is 26.3 Å². The summed E-state index contributed by atoms with van der Waals surface area (Å²) in [7, 11) is 0. The maximum absolute atomic E-state index is 12.0. The fourth-order valence-corrected chi connectivity index (χ4v) is 2.99. The summed E-state index contributed by atoms with van der Waals surface area (Å²) in [5.41, 5.74) is 1.20. The van der Waals surface area contributed by atoms with Crippen molar-refractivity contribution in [1.29, 1.82) is 0 Å². The van der Waals surface area contributed by atoms with Gasteiger partial charge in [-0.3, -0.25) is 4.79 Å². The SMILES string of the molecule is CCCCCCCCCCC(CC)OC(=O)CCc1ccccc1. The predicted octanol–water partition coefficient (Wildman–Crippen LogP) is 6.47. The lowest BCUT2D eigenvalue weighted by Crippen LogP contribution is -2.17. The van der Waals surface area contributed by atoms with E-state index in [0.717, 1.165) is 19.3 Å². The molecule has 1 rings (SSSR count). The van der Waals surface area contributed by atoms with E-state index in [1.54, 1.807) is 0 Å².